The van der Waals surface area contributed by atoms with E-state index in [1.807, 2.05) is 120 Å². The van der Waals surface area contributed by atoms with Crippen molar-refractivity contribution >= 4 is 41.1 Å². The molecule has 0 radical (unpaired) electrons. The number of carbonyl (C=O) groups excluding carboxylic acids is 1. The fourth-order valence-corrected chi connectivity index (χ4v) is 16.4. The maximum atomic E-state index is 11.9. The van der Waals surface area contributed by atoms with Gasteiger partial charge in [-0.2, -0.15) is 15.0 Å². The van der Waals surface area contributed by atoms with E-state index in [0.717, 1.165) is 109 Å². The van der Waals surface area contributed by atoms with Gasteiger partial charge in [0.05, 0.1) is 6.61 Å². The largest absolute Gasteiger partial charge is 0.508 e. The summed E-state index contributed by atoms with van der Waals surface area (Å²) < 4.78 is 5.38. The topological polar surface area (TPSA) is 239 Å². The van der Waals surface area contributed by atoms with Gasteiger partial charge in [0.1, 0.15) is 46.0 Å². The number of phenolic OH excluding ortho intramolecular Hbond substituents is 8. The SMILES string of the molecule is CC(c1ccccc1)c1cccc(O)c1.CCC(C)(C)c1cc(O)c(C(C)(C)CC)cc1O.CCCCCCCCCCCCCCCCCCOC(=O)CCc1cc(C)c(O)c(C)c1.CCCCCCCCSc1nc(Nc2cc(C)c(O)c(C)c2)nc(SCCCCCCCC)n1.Cc1cc(O)c(C)cc1O.Cc1cc(O)cc(C(C)c2ccccc2)c1. The number of rotatable bonds is 46. The third-order valence-corrected chi connectivity index (χ3v) is 25.5. The second-order valence-corrected chi connectivity index (χ2v) is 37.5. The lowest BCUT2D eigenvalue weighted by Gasteiger charge is -2.29. The molecule has 1 heterocycles. The minimum absolute atomic E-state index is 0.116. The molecule has 0 aliphatic carbocycles. The lowest BCUT2D eigenvalue weighted by molar-refractivity contribution is -0.143. The number of aryl methyl sites for hydroxylation is 8. The standard InChI is InChI=1S/C29H50O3.C27H44N4OS2.C16H26O2.C15H16O.C14H14O.C8H10O2/c1-4-5-6-7-8-9-10-11-12-13-14-15-16-17-18-19-22-32-28(30)21-20-27-23-25(2)29(31)26(3)24-27;1-5-7-9-11-13-15-17-33-26-29-25(28-23-19-21(3)24(32)22(4)20-23)30-27(31-26)34-18-16-14-12-10-8-6-2;1-7-15(3,4)11-9-14(18)12(10-13(11)17)16(5,6)8-2;1-11-8-14(10-15(16)9-11)12(2)13-6-4-3-5-7-13;1-11(12-6-3-2-4-7-12)13-8-5-9-14(15)10-13;1-5-3-8(10)6(2)4-7(5)9/h23-24,31H,4-22H2,1-3H3;19-20,32H,5-18H2,1-4H3,(H,28,29,30,31);9-10,17-18H,7-8H2,1-6H3;3-10,12,16H,1-2H3;2-11,15H,1H3;3-4,9-10H,1-2H3. The number of carbonyl (C=O) groups is 1. The van der Waals surface area contributed by atoms with Crippen molar-refractivity contribution in [2.45, 2.75) is 363 Å². The first kappa shape index (κ1) is 108. The van der Waals surface area contributed by atoms with E-state index in [9.17, 15) is 35.4 Å². The van der Waals surface area contributed by atoms with Crippen molar-refractivity contribution in [3.8, 4) is 46.0 Å². The highest BCUT2D eigenvalue weighted by molar-refractivity contribution is 7.99. The minimum atomic E-state index is -0.129. The van der Waals surface area contributed by atoms with Crippen LogP contribution < -0.4 is 5.32 Å². The molecule has 0 aliphatic heterocycles. The van der Waals surface area contributed by atoms with Crippen molar-refractivity contribution in [3.05, 3.63) is 230 Å². The number of benzene rings is 8. The molecule has 0 spiro atoms. The zero-order valence-corrected chi connectivity index (χ0v) is 81.5. The summed E-state index contributed by atoms with van der Waals surface area (Å²) in [6.07, 6.45) is 40.0. The molecule has 0 fully saturated rings. The number of thioether (sulfide) groups is 2. The zero-order valence-electron chi connectivity index (χ0n) is 79.9. The van der Waals surface area contributed by atoms with Crippen LogP contribution >= 0.6 is 23.5 Å². The first-order valence-electron chi connectivity index (χ1n) is 47.1. The molecule has 0 saturated carbocycles. The van der Waals surface area contributed by atoms with Gasteiger partial charge in [-0.3, -0.25) is 4.79 Å². The van der Waals surface area contributed by atoms with E-state index >= 15 is 0 Å². The second-order valence-electron chi connectivity index (χ2n) is 35.4. The third-order valence-electron chi connectivity index (χ3n) is 23.6. The first-order chi connectivity index (χ1) is 59.8. The Hall–Kier alpha value is -8.86. The van der Waals surface area contributed by atoms with Crippen LogP contribution in [0.5, 0.6) is 46.0 Å². The van der Waals surface area contributed by atoms with Crippen LogP contribution in [0.1, 0.15) is 365 Å². The fourth-order valence-electron chi connectivity index (χ4n) is 14.6. The summed E-state index contributed by atoms with van der Waals surface area (Å²) in [7, 11) is 0. The van der Waals surface area contributed by atoms with Gasteiger partial charge in [-0.1, -0.05) is 351 Å². The van der Waals surface area contributed by atoms with E-state index in [2.05, 4.69) is 122 Å². The molecular weight excluding hydrogens is 1590 g/mol. The molecule has 1 aromatic heterocycles. The van der Waals surface area contributed by atoms with Crippen LogP contribution in [-0.4, -0.2) is 79.9 Å². The van der Waals surface area contributed by atoms with Crippen LogP contribution in [0.4, 0.5) is 11.6 Å². The minimum Gasteiger partial charge on any atom is -0.508 e. The summed E-state index contributed by atoms with van der Waals surface area (Å²) in [4.78, 5) is 26.1. The van der Waals surface area contributed by atoms with E-state index in [4.69, 9.17) is 19.9 Å². The summed E-state index contributed by atoms with van der Waals surface area (Å²) in [6, 6.07) is 48.1. The molecule has 16 heteroatoms. The number of esters is 1. The summed E-state index contributed by atoms with van der Waals surface area (Å²) in [5.74, 6) is 5.57. The highest BCUT2D eigenvalue weighted by atomic mass is 32.2. The summed E-state index contributed by atoms with van der Waals surface area (Å²) in [5, 5.41) is 82.5. The van der Waals surface area contributed by atoms with E-state index < -0.39 is 0 Å². The lowest BCUT2D eigenvalue weighted by atomic mass is 9.77. The number of nitrogens with zero attached hydrogens (tertiary/aromatic N) is 3. The number of hydrogen-bond acceptors (Lipinski definition) is 16. The molecule has 125 heavy (non-hydrogen) atoms. The summed E-state index contributed by atoms with van der Waals surface area (Å²) in [5.41, 5.74) is 14.1. The van der Waals surface area contributed by atoms with Crippen molar-refractivity contribution in [2.24, 2.45) is 0 Å². The maximum absolute atomic E-state index is 11.9. The highest BCUT2D eigenvalue weighted by Gasteiger charge is 2.28. The average Bonchev–Trinajstić information content (AvgIpc) is 0.781. The molecule has 0 amide bonds. The number of unbranched alkanes of at least 4 members (excludes halogenated alkanes) is 25. The van der Waals surface area contributed by atoms with Gasteiger partial charge in [0.15, 0.2) is 10.3 Å². The Bertz CT molecular complexity index is 4300. The molecule has 0 saturated heterocycles. The van der Waals surface area contributed by atoms with Crippen LogP contribution in [0.25, 0.3) is 0 Å². The Kier molecular flexibility index (Phi) is 52.7. The first-order valence-corrected chi connectivity index (χ1v) is 49.0. The number of aromatic hydroxyl groups is 8. The Morgan fingerprint density at radius 2 is 0.744 bits per heavy atom. The fraction of sp³-hybridized carbons (Fsp3) is 0.523. The quantitative estimate of drug-likeness (QED) is 0.00746. The third kappa shape index (κ3) is 43.0. The molecule has 9 aromatic rings. The number of ether oxygens (including phenoxy) is 1. The number of aromatic nitrogens is 3. The van der Waals surface area contributed by atoms with Crippen LogP contribution in [0.3, 0.4) is 0 Å². The Balaban J connectivity index is 0.000000329. The van der Waals surface area contributed by atoms with Crippen LogP contribution in [0.15, 0.2) is 162 Å². The monoisotopic (exact) mass is 1750 g/mol. The van der Waals surface area contributed by atoms with Crippen molar-refractivity contribution in [3.63, 3.8) is 0 Å². The number of hydrogen-bond donors (Lipinski definition) is 9. The predicted octanol–water partition coefficient (Wildman–Crippen LogP) is 31.2. The summed E-state index contributed by atoms with van der Waals surface area (Å²) in [6.45, 7) is 37.2. The van der Waals surface area contributed by atoms with Gasteiger partial charge >= 0.3 is 5.97 Å². The Labute approximate surface area is 763 Å². The van der Waals surface area contributed by atoms with Crippen molar-refractivity contribution < 1.29 is 50.4 Å². The van der Waals surface area contributed by atoms with Gasteiger partial charge in [0.25, 0.3) is 0 Å². The van der Waals surface area contributed by atoms with E-state index in [1.54, 1.807) is 73.8 Å². The summed E-state index contributed by atoms with van der Waals surface area (Å²) >= 11 is 3.46. The number of anilines is 2. The Morgan fingerprint density at radius 1 is 0.376 bits per heavy atom. The van der Waals surface area contributed by atoms with Gasteiger partial charge in [-0.15, -0.1) is 0 Å². The molecule has 9 rings (SSSR count). The van der Waals surface area contributed by atoms with Crippen LogP contribution in [0.2, 0.25) is 0 Å². The number of phenols is 8. The van der Waals surface area contributed by atoms with Crippen molar-refractivity contribution in [1.82, 2.24) is 15.0 Å². The maximum Gasteiger partial charge on any atom is 0.306 e. The van der Waals surface area contributed by atoms with E-state index in [-0.39, 0.29) is 39.8 Å². The van der Waals surface area contributed by atoms with Crippen molar-refractivity contribution in [2.75, 3.05) is 23.4 Å². The highest BCUT2D eigenvalue weighted by Crippen LogP contribution is 2.43. The van der Waals surface area contributed by atoms with Crippen molar-refractivity contribution in [1.29, 1.82) is 0 Å². The molecule has 2 atom stereocenters. The normalized spacial score (nSPS) is 11.6. The molecule has 2 unspecified atom stereocenters. The van der Waals surface area contributed by atoms with Gasteiger partial charge in [0.2, 0.25) is 5.95 Å². The van der Waals surface area contributed by atoms with Gasteiger partial charge < -0.3 is 50.9 Å². The molecule has 9 N–H and O–H groups in total. The predicted molar refractivity (Wildman–Crippen MR) is 530 cm³/mol. The van der Waals surface area contributed by atoms with Crippen LogP contribution in [0, 0.1) is 48.5 Å². The Morgan fingerprint density at radius 3 is 1.14 bits per heavy atom. The lowest BCUT2D eigenvalue weighted by Crippen LogP contribution is -2.19. The molecule has 0 bridgehead atoms. The molecule has 0 aliphatic rings. The number of nitrogens with one attached hydrogen (secondary N) is 1. The van der Waals surface area contributed by atoms with Gasteiger partial charge in [0, 0.05) is 46.6 Å². The second kappa shape index (κ2) is 60.7. The average molecular weight is 1750 g/mol. The molecule has 688 valence electrons. The molecule has 8 aromatic carbocycles. The van der Waals surface area contributed by atoms with Gasteiger partial charge in [-0.05, 0) is 225 Å². The molecule has 14 nitrogen and oxygen atoms in total. The van der Waals surface area contributed by atoms with E-state index in [0.29, 0.717) is 71.4 Å². The van der Waals surface area contributed by atoms with Gasteiger partial charge in [-0.25, -0.2) is 0 Å². The molecular formula is C109H160N4O10S2. The van der Waals surface area contributed by atoms with Crippen LogP contribution in [-0.2, 0) is 26.8 Å². The van der Waals surface area contributed by atoms with E-state index in [1.165, 1.54) is 178 Å². The zero-order chi connectivity index (χ0) is 92.1. The smallest absolute Gasteiger partial charge is 0.306 e.